The third-order valence-electron chi connectivity index (χ3n) is 4.84. The minimum atomic E-state index is -0.109. The molecule has 0 spiro atoms. The lowest BCUT2D eigenvalue weighted by Crippen LogP contribution is -2.47. The SMILES string of the molecule is Cc1cc(CN(C)C(=O)NCC2(c3ccccc3)CCOCC2)no1. The molecule has 3 rings (SSSR count). The molecule has 2 aromatic rings. The number of carbonyl (C=O) groups excluding carboxylic acids is 1. The number of urea groups is 1. The van der Waals surface area contributed by atoms with E-state index in [4.69, 9.17) is 9.26 Å². The second kappa shape index (κ2) is 7.70. The van der Waals surface area contributed by atoms with Crippen LogP contribution in [0.3, 0.4) is 0 Å². The molecule has 0 radical (unpaired) electrons. The number of amides is 2. The van der Waals surface area contributed by atoms with E-state index in [0.29, 0.717) is 13.1 Å². The van der Waals surface area contributed by atoms with Crippen LogP contribution < -0.4 is 5.32 Å². The summed E-state index contributed by atoms with van der Waals surface area (Å²) in [4.78, 5) is 14.1. The number of nitrogens with zero attached hydrogens (tertiary/aromatic N) is 2. The van der Waals surface area contributed by atoms with Crippen molar-refractivity contribution in [2.24, 2.45) is 0 Å². The molecule has 0 bridgehead atoms. The first-order valence-corrected chi connectivity index (χ1v) is 8.63. The second-order valence-corrected chi connectivity index (χ2v) is 6.70. The number of aryl methyl sites for hydroxylation is 1. The van der Waals surface area contributed by atoms with E-state index in [9.17, 15) is 4.79 Å². The molecule has 1 aromatic heterocycles. The number of rotatable bonds is 5. The molecule has 1 aliphatic rings. The van der Waals surface area contributed by atoms with Gasteiger partial charge >= 0.3 is 6.03 Å². The fourth-order valence-electron chi connectivity index (χ4n) is 3.31. The Morgan fingerprint density at radius 1 is 1.28 bits per heavy atom. The predicted molar refractivity (Wildman–Crippen MR) is 94.3 cm³/mol. The maximum absolute atomic E-state index is 12.5. The van der Waals surface area contributed by atoms with Gasteiger partial charge in [0.05, 0.1) is 6.54 Å². The highest BCUT2D eigenvalue weighted by Crippen LogP contribution is 2.34. The molecule has 2 heterocycles. The molecule has 1 aliphatic heterocycles. The maximum atomic E-state index is 12.5. The van der Waals surface area contributed by atoms with E-state index in [1.807, 2.05) is 31.2 Å². The Bertz CT molecular complexity index is 693. The zero-order valence-electron chi connectivity index (χ0n) is 14.8. The molecule has 1 N–H and O–H groups in total. The van der Waals surface area contributed by atoms with Gasteiger partial charge in [-0.05, 0) is 25.3 Å². The fraction of sp³-hybridized carbons (Fsp3) is 0.474. The van der Waals surface area contributed by atoms with Gasteiger partial charge in [0.25, 0.3) is 0 Å². The van der Waals surface area contributed by atoms with Gasteiger partial charge in [0.2, 0.25) is 0 Å². The highest BCUT2D eigenvalue weighted by atomic mass is 16.5. The summed E-state index contributed by atoms with van der Waals surface area (Å²) in [5.74, 6) is 0.744. The minimum absolute atomic E-state index is 0.0690. The molecular weight excluding hydrogens is 318 g/mol. The molecule has 0 unspecified atom stereocenters. The van der Waals surface area contributed by atoms with E-state index in [0.717, 1.165) is 37.5 Å². The predicted octanol–water partition coefficient (Wildman–Crippen LogP) is 2.87. The Morgan fingerprint density at radius 3 is 2.64 bits per heavy atom. The van der Waals surface area contributed by atoms with Crippen molar-refractivity contribution >= 4 is 6.03 Å². The molecule has 1 fully saturated rings. The molecular formula is C19H25N3O3. The third kappa shape index (κ3) is 4.20. The third-order valence-corrected chi connectivity index (χ3v) is 4.84. The van der Waals surface area contributed by atoms with E-state index in [1.165, 1.54) is 5.56 Å². The average molecular weight is 343 g/mol. The van der Waals surface area contributed by atoms with Crippen molar-refractivity contribution in [1.82, 2.24) is 15.4 Å². The van der Waals surface area contributed by atoms with Crippen molar-refractivity contribution < 1.29 is 14.1 Å². The first kappa shape index (κ1) is 17.5. The molecule has 2 amide bonds. The summed E-state index contributed by atoms with van der Waals surface area (Å²) in [6.45, 7) is 4.30. The van der Waals surface area contributed by atoms with Gasteiger partial charge in [0, 0.05) is 38.3 Å². The van der Waals surface area contributed by atoms with E-state index < -0.39 is 0 Å². The lowest BCUT2D eigenvalue weighted by molar-refractivity contribution is 0.0502. The normalized spacial score (nSPS) is 16.4. The van der Waals surface area contributed by atoms with Gasteiger partial charge in [-0.25, -0.2) is 4.79 Å². The number of ether oxygens (including phenoxy) is 1. The van der Waals surface area contributed by atoms with Crippen molar-refractivity contribution in [3.63, 3.8) is 0 Å². The van der Waals surface area contributed by atoms with Crippen LogP contribution in [0.25, 0.3) is 0 Å². The van der Waals surface area contributed by atoms with Crippen LogP contribution in [0.1, 0.15) is 29.9 Å². The highest BCUT2D eigenvalue weighted by molar-refractivity contribution is 5.74. The standard InChI is InChI=1S/C19H25N3O3/c1-15-12-17(21-25-15)13-22(2)18(23)20-14-19(8-10-24-11-9-19)16-6-4-3-5-7-16/h3-7,12H,8-11,13-14H2,1-2H3,(H,20,23). The van der Waals surface area contributed by atoms with Crippen LogP contribution in [-0.4, -0.2) is 42.9 Å². The fourth-order valence-corrected chi connectivity index (χ4v) is 3.31. The smallest absolute Gasteiger partial charge is 0.317 e. The Balaban J connectivity index is 1.63. The summed E-state index contributed by atoms with van der Waals surface area (Å²) in [5, 5.41) is 7.03. The van der Waals surface area contributed by atoms with Gasteiger partial charge in [-0.15, -0.1) is 0 Å². The van der Waals surface area contributed by atoms with Crippen LogP contribution >= 0.6 is 0 Å². The first-order valence-electron chi connectivity index (χ1n) is 8.63. The maximum Gasteiger partial charge on any atom is 0.317 e. The van der Waals surface area contributed by atoms with E-state index >= 15 is 0 Å². The zero-order valence-corrected chi connectivity index (χ0v) is 14.8. The Kier molecular flexibility index (Phi) is 5.38. The van der Waals surface area contributed by atoms with Gasteiger partial charge in [-0.2, -0.15) is 0 Å². The number of nitrogens with one attached hydrogen (secondary N) is 1. The number of hydrogen-bond donors (Lipinski definition) is 1. The molecule has 134 valence electrons. The Hall–Kier alpha value is -2.34. The molecule has 0 aliphatic carbocycles. The van der Waals surface area contributed by atoms with E-state index in [2.05, 4.69) is 22.6 Å². The van der Waals surface area contributed by atoms with Crippen molar-refractivity contribution in [3.8, 4) is 0 Å². The van der Waals surface area contributed by atoms with Gasteiger partial charge in [-0.1, -0.05) is 35.5 Å². The van der Waals surface area contributed by atoms with Crippen LogP contribution in [0.2, 0.25) is 0 Å². The summed E-state index contributed by atoms with van der Waals surface area (Å²) in [7, 11) is 1.76. The summed E-state index contributed by atoms with van der Waals surface area (Å²) in [5.41, 5.74) is 1.94. The van der Waals surface area contributed by atoms with Crippen LogP contribution in [0.15, 0.2) is 40.9 Å². The van der Waals surface area contributed by atoms with Crippen LogP contribution in [-0.2, 0) is 16.7 Å². The quantitative estimate of drug-likeness (QED) is 0.906. The van der Waals surface area contributed by atoms with E-state index in [1.54, 1.807) is 11.9 Å². The first-order chi connectivity index (χ1) is 12.1. The van der Waals surface area contributed by atoms with E-state index in [-0.39, 0.29) is 11.4 Å². The van der Waals surface area contributed by atoms with Gasteiger partial charge < -0.3 is 19.5 Å². The molecule has 6 heteroatoms. The molecule has 0 atom stereocenters. The molecule has 0 saturated carbocycles. The summed E-state index contributed by atoms with van der Waals surface area (Å²) in [6.07, 6.45) is 1.81. The van der Waals surface area contributed by atoms with Crippen LogP contribution in [0.4, 0.5) is 4.79 Å². The lowest BCUT2D eigenvalue weighted by atomic mass is 9.74. The number of carbonyl (C=O) groups is 1. The summed E-state index contributed by atoms with van der Waals surface area (Å²) >= 11 is 0. The topological polar surface area (TPSA) is 67.6 Å². The highest BCUT2D eigenvalue weighted by Gasteiger charge is 2.35. The van der Waals surface area contributed by atoms with Crippen LogP contribution in [0.5, 0.6) is 0 Å². The lowest BCUT2D eigenvalue weighted by Gasteiger charge is -2.38. The monoisotopic (exact) mass is 343 g/mol. The summed E-state index contributed by atoms with van der Waals surface area (Å²) in [6, 6.07) is 12.1. The Morgan fingerprint density at radius 2 is 2.00 bits per heavy atom. The van der Waals surface area contributed by atoms with Crippen molar-refractivity contribution in [1.29, 1.82) is 0 Å². The van der Waals surface area contributed by atoms with Crippen molar-refractivity contribution in [3.05, 3.63) is 53.4 Å². The number of benzene rings is 1. The minimum Gasteiger partial charge on any atom is -0.381 e. The van der Waals surface area contributed by atoms with Gasteiger partial charge in [-0.3, -0.25) is 0 Å². The number of hydrogen-bond acceptors (Lipinski definition) is 4. The molecule has 25 heavy (non-hydrogen) atoms. The average Bonchev–Trinajstić information content (AvgIpc) is 3.06. The largest absolute Gasteiger partial charge is 0.381 e. The zero-order chi connectivity index (χ0) is 17.7. The molecule has 1 saturated heterocycles. The van der Waals surface area contributed by atoms with Crippen molar-refractivity contribution in [2.45, 2.75) is 31.7 Å². The molecule has 6 nitrogen and oxygen atoms in total. The summed E-state index contributed by atoms with van der Waals surface area (Å²) < 4.78 is 10.6. The van der Waals surface area contributed by atoms with Gasteiger partial charge in [0.15, 0.2) is 0 Å². The van der Waals surface area contributed by atoms with Crippen molar-refractivity contribution in [2.75, 3.05) is 26.8 Å². The second-order valence-electron chi connectivity index (χ2n) is 6.70. The molecule has 1 aromatic carbocycles. The van der Waals surface area contributed by atoms with Gasteiger partial charge in [0.1, 0.15) is 11.5 Å². The Labute approximate surface area is 148 Å². The number of aromatic nitrogens is 1. The van der Waals surface area contributed by atoms with Crippen LogP contribution in [0, 0.1) is 6.92 Å².